The van der Waals surface area contributed by atoms with Crippen molar-refractivity contribution >= 4 is 11.8 Å². The number of hydrogen-bond donors (Lipinski definition) is 3. The summed E-state index contributed by atoms with van der Waals surface area (Å²) in [6, 6.07) is 19.0. The standard InChI is InChI=1S/C26H24FN5O4/c1-36-31-26(35)23(33)22(16-17-6-3-2-4-7-17)29-25(34)20-8-5-14-28-24(20)32-15-13-21(30-32)18-9-11-19(27)12-10-18/h2-15,22-23,33H,16H2,1H3,(H,29,34)(H,31,35). The molecule has 184 valence electrons. The van der Waals surface area contributed by atoms with Crippen LogP contribution in [0.25, 0.3) is 17.1 Å². The van der Waals surface area contributed by atoms with E-state index in [4.69, 9.17) is 0 Å². The van der Waals surface area contributed by atoms with E-state index in [0.29, 0.717) is 11.3 Å². The van der Waals surface area contributed by atoms with Crippen LogP contribution >= 0.6 is 0 Å². The Bertz CT molecular complexity index is 1330. The molecule has 2 heterocycles. The Hall–Kier alpha value is -4.41. The van der Waals surface area contributed by atoms with Crippen molar-refractivity contribution in [3.63, 3.8) is 0 Å². The lowest BCUT2D eigenvalue weighted by Gasteiger charge is -2.24. The number of carbonyl (C=O) groups excluding carboxylic acids is 2. The Labute approximate surface area is 206 Å². The molecule has 2 atom stereocenters. The third kappa shape index (κ3) is 5.80. The van der Waals surface area contributed by atoms with E-state index >= 15 is 0 Å². The predicted molar refractivity (Wildman–Crippen MR) is 129 cm³/mol. The van der Waals surface area contributed by atoms with Crippen LogP contribution in [0.1, 0.15) is 15.9 Å². The third-order valence-electron chi connectivity index (χ3n) is 5.44. The fourth-order valence-electron chi connectivity index (χ4n) is 3.67. The summed E-state index contributed by atoms with van der Waals surface area (Å²) in [6.07, 6.45) is 1.77. The fraction of sp³-hybridized carbons (Fsp3) is 0.154. The van der Waals surface area contributed by atoms with Gasteiger partial charge in [-0.05, 0) is 54.4 Å². The Morgan fingerprint density at radius 3 is 2.53 bits per heavy atom. The molecule has 4 rings (SSSR count). The molecule has 0 radical (unpaired) electrons. The SMILES string of the molecule is CONC(=O)C(O)C(Cc1ccccc1)NC(=O)c1cccnc1-n1ccc(-c2ccc(F)cc2)n1. The van der Waals surface area contributed by atoms with E-state index in [2.05, 4.69) is 25.7 Å². The maximum absolute atomic E-state index is 13.3. The van der Waals surface area contributed by atoms with E-state index in [1.165, 1.54) is 30.1 Å². The Morgan fingerprint density at radius 1 is 1.06 bits per heavy atom. The van der Waals surface area contributed by atoms with Crippen LogP contribution in [0, 0.1) is 5.82 Å². The second kappa shape index (κ2) is 11.3. The average Bonchev–Trinajstić information content (AvgIpc) is 3.39. The molecule has 2 aromatic heterocycles. The molecule has 0 spiro atoms. The number of aliphatic hydroxyl groups excluding tert-OH is 1. The normalized spacial score (nSPS) is 12.5. The zero-order valence-corrected chi connectivity index (χ0v) is 19.3. The number of aliphatic hydroxyl groups is 1. The lowest BCUT2D eigenvalue weighted by Crippen LogP contribution is -2.51. The van der Waals surface area contributed by atoms with Gasteiger partial charge < -0.3 is 10.4 Å². The summed E-state index contributed by atoms with van der Waals surface area (Å²) in [7, 11) is 1.25. The van der Waals surface area contributed by atoms with E-state index in [9.17, 15) is 19.1 Å². The van der Waals surface area contributed by atoms with Gasteiger partial charge in [0.1, 0.15) is 5.82 Å². The number of nitrogens with one attached hydrogen (secondary N) is 2. The molecule has 10 heteroatoms. The van der Waals surface area contributed by atoms with Crippen molar-refractivity contribution in [1.29, 1.82) is 0 Å². The van der Waals surface area contributed by atoms with Crippen LogP contribution in [0.2, 0.25) is 0 Å². The van der Waals surface area contributed by atoms with Crippen LogP contribution in [0.15, 0.2) is 85.2 Å². The van der Waals surface area contributed by atoms with Crippen molar-refractivity contribution in [2.24, 2.45) is 0 Å². The highest BCUT2D eigenvalue weighted by molar-refractivity contribution is 5.97. The molecule has 0 saturated heterocycles. The fourth-order valence-corrected chi connectivity index (χ4v) is 3.67. The third-order valence-corrected chi connectivity index (χ3v) is 5.44. The number of carbonyl (C=O) groups is 2. The number of benzene rings is 2. The van der Waals surface area contributed by atoms with Gasteiger partial charge in [-0.25, -0.2) is 19.5 Å². The molecule has 0 aliphatic heterocycles. The van der Waals surface area contributed by atoms with Gasteiger partial charge in [-0.2, -0.15) is 5.10 Å². The first-order valence-electron chi connectivity index (χ1n) is 11.1. The van der Waals surface area contributed by atoms with E-state index in [-0.39, 0.29) is 23.6 Å². The van der Waals surface area contributed by atoms with Crippen LogP contribution in [0.3, 0.4) is 0 Å². The van der Waals surface area contributed by atoms with Crippen molar-refractivity contribution in [2.45, 2.75) is 18.6 Å². The summed E-state index contributed by atoms with van der Waals surface area (Å²) < 4.78 is 14.7. The predicted octanol–water partition coefficient (Wildman–Crippen LogP) is 2.45. The molecule has 0 saturated carbocycles. The first kappa shape index (κ1) is 24.7. The first-order chi connectivity index (χ1) is 17.5. The summed E-state index contributed by atoms with van der Waals surface area (Å²) in [6.45, 7) is 0. The second-order valence-electron chi connectivity index (χ2n) is 7.91. The van der Waals surface area contributed by atoms with Gasteiger partial charge in [0, 0.05) is 18.0 Å². The van der Waals surface area contributed by atoms with Gasteiger partial charge in [-0.1, -0.05) is 30.3 Å². The van der Waals surface area contributed by atoms with Crippen molar-refractivity contribution in [2.75, 3.05) is 7.11 Å². The van der Waals surface area contributed by atoms with Gasteiger partial charge in [0.15, 0.2) is 11.9 Å². The molecule has 2 amide bonds. The van der Waals surface area contributed by atoms with Crippen LogP contribution in [0.5, 0.6) is 0 Å². The molecule has 36 heavy (non-hydrogen) atoms. The van der Waals surface area contributed by atoms with Crippen molar-refractivity contribution in [3.05, 3.63) is 102 Å². The monoisotopic (exact) mass is 489 g/mol. The Morgan fingerprint density at radius 2 is 1.81 bits per heavy atom. The van der Waals surface area contributed by atoms with Gasteiger partial charge in [0.05, 0.1) is 24.4 Å². The van der Waals surface area contributed by atoms with Gasteiger partial charge in [0.2, 0.25) is 0 Å². The van der Waals surface area contributed by atoms with E-state index in [1.54, 1.807) is 36.5 Å². The minimum atomic E-state index is -1.58. The molecule has 2 aromatic carbocycles. The molecule has 3 N–H and O–H groups in total. The quantitative estimate of drug-likeness (QED) is 0.311. The molecule has 0 fully saturated rings. The molecule has 9 nitrogen and oxygen atoms in total. The van der Waals surface area contributed by atoms with Crippen molar-refractivity contribution in [3.8, 4) is 17.1 Å². The highest BCUT2D eigenvalue weighted by atomic mass is 19.1. The largest absolute Gasteiger partial charge is 0.381 e. The van der Waals surface area contributed by atoms with Gasteiger partial charge in [-0.3, -0.25) is 14.4 Å². The highest BCUT2D eigenvalue weighted by Gasteiger charge is 2.29. The number of pyridine rings is 1. The van der Waals surface area contributed by atoms with Gasteiger partial charge in [-0.15, -0.1) is 0 Å². The summed E-state index contributed by atoms with van der Waals surface area (Å²) in [5.74, 6) is -1.45. The van der Waals surface area contributed by atoms with Crippen molar-refractivity contribution in [1.82, 2.24) is 25.6 Å². The minimum Gasteiger partial charge on any atom is -0.381 e. The molecule has 4 aromatic rings. The van der Waals surface area contributed by atoms with Gasteiger partial charge in [0.25, 0.3) is 11.8 Å². The Balaban J connectivity index is 1.60. The zero-order chi connectivity index (χ0) is 25.5. The van der Waals surface area contributed by atoms with Crippen molar-refractivity contribution < 1.29 is 23.9 Å². The lowest BCUT2D eigenvalue weighted by molar-refractivity contribution is -0.141. The lowest BCUT2D eigenvalue weighted by atomic mass is 10.00. The van der Waals surface area contributed by atoms with E-state index in [1.807, 2.05) is 30.3 Å². The second-order valence-corrected chi connectivity index (χ2v) is 7.91. The summed E-state index contributed by atoms with van der Waals surface area (Å²) in [4.78, 5) is 34.5. The highest BCUT2D eigenvalue weighted by Crippen LogP contribution is 2.20. The van der Waals surface area contributed by atoms with Crippen LogP contribution in [0.4, 0.5) is 4.39 Å². The molecular weight excluding hydrogens is 465 g/mol. The summed E-state index contributed by atoms with van der Waals surface area (Å²) >= 11 is 0. The maximum Gasteiger partial charge on any atom is 0.274 e. The van der Waals surface area contributed by atoms with Crippen LogP contribution < -0.4 is 10.8 Å². The molecule has 0 bridgehead atoms. The molecular formula is C26H24FN5O4. The number of halogens is 1. The number of aromatic nitrogens is 3. The summed E-state index contributed by atoms with van der Waals surface area (Å²) in [5.41, 5.74) is 4.36. The number of nitrogens with zero attached hydrogens (tertiary/aromatic N) is 3. The first-order valence-corrected chi connectivity index (χ1v) is 11.1. The molecule has 0 aliphatic carbocycles. The van der Waals surface area contributed by atoms with Crippen LogP contribution in [-0.2, 0) is 16.1 Å². The minimum absolute atomic E-state index is 0.184. The Kier molecular flexibility index (Phi) is 7.79. The molecule has 0 aliphatic rings. The number of amides is 2. The number of rotatable bonds is 9. The smallest absolute Gasteiger partial charge is 0.274 e. The topological polar surface area (TPSA) is 118 Å². The van der Waals surface area contributed by atoms with Gasteiger partial charge >= 0.3 is 0 Å². The summed E-state index contributed by atoms with van der Waals surface area (Å²) in [5, 5.41) is 17.9. The zero-order valence-electron chi connectivity index (χ0n) is 19.3. The number of hydrogen-bond acceptors (Lipinski definition) is 6. The van der Waals surface area contributed by atoms with Crippen LogP contribution in [-0.4, -0.2) is 50.9 Å². The molecule has 2 unspecified atom stereocenters. The van der Waals surface area contributed by atoms with E-state index < -0.39 is 24.0 Å². The maximum atomic E-state index is 13.3. The number of hydroxylamine groups is 1. The van der Waals surface area contributed by atoms with E-state index in [0.717, 1.165) is 5.56 Å². The average molecular weight is 490 g/mol.